The van der Waals surface area contributed by atoms with Crippen molar-refractivity contribution in [1.82, 2.24) is 10.3 Å². The van der Waals surface area contributed by atoms with Crippen molar-refractivity contribution in [3.63, 3.8) is 0 Å². The molecule has 0 aliphatic carbocycles. The summed E-state index contributed by atoms with van der Waals surface area (Å²) in [5.41, 5.74) is 2.14. The first-order chi connectivity index (χ1) is 6.24. The fraction of sp³-hybridized carbons (Fsp3) is 0.875. The largest absolute Gasteiger partial charge is 0.302 e. The van der Waals surface area contributed by atoms with Gasteiger partial charge in [-0.25, -0.2) is 5.84 Å². The Hall–Kier alpha value is -0.260. The van der Waals surface area contributed by atoms with E-state index in [0.29, 0.717) is 12.5 Å². The van der Waals surface area contributed by atoms with E-state index in [2.05, 4.69) is 17.4 Å². The highest BCUT2D eigenvalue weighted by atomic mass is 32.2. The van der Waals surface area contributed by atoms with Crippen molar-refractivity contribution in [2.24, 2.45) is 5.84 Å². The lowest BCUT2D eigenvalue weighted by molar-refractivity contribution is -0.121. The van der Waals surface area contributed by atoms with Crippen LogP contribution in [0.4, 0.5) is 0 Å². The second-order valence-electron chi connectivity index (χ2n) is 3.32. The molecule has 0 saturated carbocycles. The van der Waals surface area contributed by atoms with Crippen LogP contribution < -0.4 is 11.3 Å². The highest BCUT2D eigenvalue weighted by Crippen LogP contribution is 2.21. The van der Waals surface area contributed by atoms with Crippen molar-refractivity contribution in [3.8, 4) is 0 Å². The Morgan fingerprint density at radius 1 is 1.77 bits per heavy atom. The lowest BCUT2D eigenvalue weighted by Gasteiger charge is -2.22. The standard InChI is InChI=1S/C8H17N3OS/c1-11(4-2-8(12)10-9)7-3-5-13-6-7/h7H,2-6,9H2,1H3,(H,10,12). The molecule has 0 bridgehead atoms. The van der Waals surface area contributed by atoms with E-state index in [1.165, 1.54) is 17.9 Å². The van der Waals surface area contributed by atoms with Crippen LogP contribution in [0.3, 0.4) is 0 Å². The summed E-state index contributed by atoms with van der Waals surface area (Å²) in [6.07, 6.45) is 1.74. The van der Waals surface area contributed by atoms with Gasteiger partial charge in [0.2, 0.25) is 5.91 Å². The molecule has 4 nitrogen and oxygen atoms in total. The molecule has 1 fully saturated rings. The molecule has 1 aliphatic heterocycles. The molecular weight excluding hydrogens is 186 g/mol. The molecule has 1 unspecified atom stereocenters. The lowest BCUT2D eigenvalue weighted by Crippen LogP contribution is -2.37. The molecule has 13 heavy (non-hydrogen) atoms. The first-order valence-electron chi connectivity index (χ1n) is 4.51. The molecular formula is C8H17N3OS. The average molecular weight is 203 g/mol. The zero-order valence-corrected chi connectivity index (χ0v) is 8.77. The lowest BCUT2D eigenvalue weighted by atomic mass is 10.2. The van der Waals surface area contributed by atoms with Crippen LogP contribution in [-0.4, -0.2) is 41.9 Å². The molecule has 5 heteroatoms. The van der Waals surface area contributed by atoms with Gasteiger partial charge in [0.05, 0.1) is 0 Å². The summed E-state index contributed by atoms with van der Waals surface area (Å²) in [7, 11) is 2.07. The average Bonchev–Trinajstić information content (AvgIpc) is 2.66. The summed E-state index contributed by atoms with van der Waals surface area (Å²) < 4.78 is 0. The van der Waals surface area contributed by atoms with Crippen LogP contribution in [0.1, 0.15) is 12.8 Å². The number of carbonyl (C=O) groups excluding carboxylic acids is 1. The molecule has 0 aromatic heterocycles. The number of nitrogens with one attached hydrogen (secondary N) is 1. The maximum absolute atomic E-state index is 10.9. The van der Waals surface area contributed by atoms with Crippen LogP contribution in [0.2, 0.25) is 0 Å². The number of hydrogen-bond donors (Lipinski definition) is 2. The Morgan fingerprint density at radius 2 is 2.54 bits per heavy atom. The van der Waals surface area contributed by atoms with Gasteiger partial charge in [-0.3, -0.25) is 10.2 Å². The van der Waals surface area contributed by atoms with Crippen LogP contribution in [0, 0.1) is 0 Å². The van der Waals surface area contributed by atoms with Crippen LogP contribution in [0.25, 0.3) is 0 Å². The Kier molecular flexibility index (Phi) is 4.55. The van der Waals surface area contributed by atoms with E-state index in [9.17, 15) is 4.79 Å². The maximum atomic E-state index is 10.9. The SMILES string of the molecule is CN(CCC(=O)NN)C1CCSC1. The van der Waals surface area contributed by atoms with Gasteiger partial charge >= 0.3 is 0 Å². The molecule has 1 aliphatic rings. The second-order valence-corrected chi connectivity index (χ2v) is 4.47. The minimum absolute atomic E-state index is 0.0856. The van der Waals surface area contributed by atoms with Gasteiger partial charge in [0.1, 0.15) is 0 Å². The summed E-state index contributed by atoms with van der Waals surface area (Å²) >= 11 is 1.98. The number of thioether (sulfide) groups is 1. The molecule has 1 atom stereocenters. The summed E-state index contributed by atoms with van der Waals surface area (Å²) in [6, 6.07) is 0.649. The number of hydrogen-bond acceptors (Lipinski definition) is 4. The maximum Gasteiger partial charge on any atom is 0.235 e. The summed E-state index contributed by atoms with van der Waals surface area (Å²) in [5.74, 6) is 7.35. The van der Waals surface area contributed by atoms with Crippen molar-refractivity contribution in [3.05, 3.63) is 0 Å². The van der Waals surface area contributed by atoms with E-state index in [1.54, 1.807) is 0 Å². The normalized spacial score (nSPS) is 22.2. The number of nitrogens with two attached hydrogens (primary N) is 1. The highest BCUT2D eigenvalue weighted by molar-refractivity contribution is 7.99. The highest BCUT2D eigenvalue weighted by Gasteiger charge is 2.19. The van der Waals surface area contributed by atoms with E-state index in [-0.39, 0.29) is 5.91 Å². The molecule has 0 radical (unpaired) electrons. The van der Waals surface area contributed by atoms with Crippen LogP contribution in [0.15, 0.2) is 0 Å². The van der Waals surface area contributed by atoms with E-state index < -0.39 is 0 Å². The number of hydrazine groups is 1. The Morgan fingerprint density at radius 3 is 3.08 bits per heavy atom. The van der Waals surface area contributed by atoms with Gasteiger partial charge in [-0.15, -0.1) is 0 Å². The van der Waals surface area contributed by atoms with Crippen molar-refractivity contribution in [1.29, 1.82) is 0 Å². The second kappa shape index (κ2) is 5.47. The topological polar surface area (TPSA) is 58.4 Å². The summed E-state index contributed by atoms with van der Waals surface area (Å²) in [6.45, 7) is 0.800. The quantitative estimate of drug-likeness (QED) is 0.377. The molecule has 0 aromatic carbocycles. The van der Waals surface area contributed by atoms with Gasteiger partial charge in [0.25, 0.3) is 0 Å². The zero-order chi connectivity index (χ0) is 9.68. The molecule has 0 aromatic rings. The Balaban J connectivity index is 2.16. The molecule has 0 spiro atoms. The van der Waals surface area contributed by atoms with Crippen molar-refractivity contribution < 1.29 is 4.79 Å². The number of carbonyl (C=O) groups is 1. The van der Waals surface area contributed by atoms with Crippen LogP contribution in [-0.2, 0) is 4.79 Å². The molecule has 1 rings (SSSR count). The van der Waals surface area contributed by atoms with Crippen molar-refractivity contribution in [2.75, 3.05) is 25.1 Å². The third kappa shape index (κ3) is 3.54. The van der Waals surface area contributed by atoms with Crippen molar-refractivity contribution in [2.45, 2.75) is 18.9 Å². The number of amides is 1. The number of nitrogens with zero attached hydrogens (tertiary/aromatic N) is 1. The summed E-state index contributed by atoms with van der Waals surface area (Å²) in [5, 5.41) is 0. The fourth-order valence-corrected chi connectivity index (χ4v) is 2.70. The van der Waals surface area contributed by atoms with Crippen LogP contribution >= 0.6 is 11.8 Å². The monoisotopic (exact) mass is 203 g/mol. The molecule has 76 valence electrons. The third-order valence-electron chi connectivity index (χ3n) is 2.38. The van der Waals surface area contributed by atoms with Gasteiger partial charge in [-0.05, 0) is 19.2 Å². The first kappa shape index (κ1) is 10.8. The third-order valence-corrected chi connectivity index (χ3v) is 3.53. The van der Waals surface area contributed by atoms with E-state index in [0.717, 1.165) is 6.54 Å². The molecule has 3 N–H and O–H groups in total. The Bertz CT molecular complexity index is 171. The zero-order valence-electron chi connectivity index (χ0n) is 7.95. The van der Waals surface area contributed by atoms with Gasteiger partial charge in [-0.2, -0.15) is 11.8 Å². The van der Waals surface area contributed by atoms with Crippen LogP contribution in [0.5, 0.6) is 0 Å². The van der Waals surface area contributed by atoms with Gasteiger partial charge in [0.15, 0.2) is 0 Å². The Labute approximate surface area is 83.2 Å². The molecule has 1 heterocycles. The van der Waals surface area contributed by atoms with E-state index in [4.69, 9.17) is 5.84 Å². The van der Waals surface area contributed by atoms with Crippen molar-refractivity contribution >= 4 is 17.7 Å². The fourth-order valence-electron chi connectivity index (χ4n) is 1.40. The van der Waals surface area contributed by atoms with E-state index >= 15 is 0 Å². The van der Waals surface area contributed by atoms with Gasteiger partial charge < -0.3 is 4.90 Å². The minimum Gasteiger partial charge on any atom is -0.302 e. The van der Waals surface area contributed by atoms with E-state index in [1.807, 2.05) is 11.8 Å². The molecule has 1 amide bonds. The smallest absolute Gasteiger partial charge is 0.235 e. The number of rotatable bonds is 4. The minimum atomic E-state index is -0.0856. The predicted molar refractivity (Wildman–Crippen MR) is 55.3 cm³/mol. The van der Waals surface area contributed by atoms with Gasteiger partial charge in [0, 0.05) is 24.8 Å². The van der Waals surface area contributed by atoms with Gasteiger partial charge in [-0.1, -0.05) is 0 Å². The predicted octanol–water partition coefficient (Wildman–Crippen LogP) is -0.196. The summed E-state index contributed by atoms with van der Waals surface area (Å²) in [4.78, 5) is 13.1. The first-order valence-corrected chi connectivity index (χ1v) is 5.67. The molecule has 1 saturated heterocycles.